The molecule has 0 aliphatic heterocycles. The van der Waals surface area contributed by atoms with E-state index in [4.69, 9.17) is 29.1 Å². The van der Waals surface area contributed by atoms with Gasteiger partial charge in [0, 0.05) is 32.8 Å². The number of hydrogen-bond donors (Lipinski definition) is 0. The predicted octanol–water partition coefficient (Wildman–Crippen LogP) is 9.08. The summed E-state index contributed by atoms with van der Waals surface area (Å²) in [6, 6.07) is -16.4. The molecule has 0 radical (unpaired) electrons. The molecule has 8 rings (SSSR count). The number of fused-ring (bicyclic) bond motifs is 8. The van der Waals surface area contributed by atoms with Gasteiger partial charge in [-0.05, 0) is 28.2 Å². The van der Waals surface area contributed by atoms with E-state index in [-0.39, 0.29) is 16.2 Å². The number of benzene rings is 6. The van der Waals surface area contributed by atoms with Gasteiger partial charge in [-0.2, -0.15) is 0 Å². The fourth-order valence-corrected chi connectivity index (χ4v) is 4.23. The summed E-state index contributed by atoms with van der Waals surface area (Å²) < 4.78 is 187. The molecule has 6 aromatic carbocycles. The first-order valence-electron chi connectivity index (χ1n) is 21.7. The average Bonchev–Trinajstić information content (AvgIpc) is 3.62. The third-order valence-corrected chi connectivity index (χ3v) is 5.87. The maximum absolute atomic E-state index is 9.69. The lowest BCUT2D eigenvalue weighted by atomic mass is 9.95. The maximum Gasteiger partial charge on any atom is 0.164 e. The fraction of sp³-hybridized carbons (Fsp3) is 0. The first kappa shape index (κ1) is 9.44. The molecule has 0 spiro atoms. The van der Waals surface area contributed by atoms with E-state index < -0.39 is 188 Å². The van der Waals surface area contributed by atoms with E-state index in [1.807, 2.05) is 0 Å². The molecule has 0 aliphatic rings. The van der Waals surface area contributed by atoms with Gasteiger partial charge in [0.05, 0.1) is 28.8 Å². The lowest BCUT2D eigenvalue weighted by molar-refractivity contribution is 0.673. The Kier molecular flexibility index (Phi) is 2.08. The Bertz CT molecular complexity index is 3200. The van der Waals surface area contributed by atoms with Crippen molar-refractivity contribution in [2.24, 2.45) is 0 Å². The molecule has 8 aromatic rings. The van der Waals surface area contributed by atoms with Crippen molar-refractivity contribution in [1.82, 2.24) is 15.0 Å². The molecule has 182 valence electrons. The van der Waals surface area contributed by atoms with Crippen LogP contribution in [0.15, 0.2) is 131 Å². The quantitative estimate of drug-likeness (QED) is 0.218. The Balaban J connectivity index is 1.65. The van der Waals surface area contributed by atoms with Crippen LogP contribution < -0.4 is 0 Å². The van der Waals surface area contributed by atoms with Crippen LogP contribution in [0.1, 0.15) is 28.8 Å². The van der Waals surface area contributed by atoms with E-state index in [1.54, 1.807) is 0 Å². The van der Waals surface area contributed by atoms with Gasteiger partial charge in [-0.15, -0.1) is 0 Å². The second kappa shape index (κ2) is 8.61. The van der Waals surface area contributed by atoms with Gasteiger partial charge in [0.1, 0.15) is 11.2 Å². The third kappa shape index (κ3) is 3.50. The molecule has 2 heterocycles. The number of hydrogen-bond acceptors (Lipinski definition) is 4. The minimum atomic E-state index is -0.875. The number of nitrogens with zero attached hydrogens (tertiary/aromatic N) is 3. The Hall–Kier alpha value is -5.35. The fourth-order valence-electron chi connectivity index (χ4n) is 4.23. The molecule has 4 heteroatoms. The van der Waals surface area contributed by atoms with Crippen LogP contribution in [0.4, 0.5) is 0 Å². The van der Waals surface area contributed by atoms with Crippen molar-refractivity contribution in [2.75, 3.05) is 0 Å². The van der Waals surface area contributed by atoms with Crippen molar-refractivity contribution in [1.29, 1.82) is 0 Å². The van der Waals surface area contributed by atoms with Crippen molar-refractivity contribution in [2.45, 2.75) is 0 Å². The highest BCUT2D eigenvalue weighted by Gasteiger charge is 2.18. The normalized spacial score (nSPS) is 19.1. The highest BCUT2D eigenvalue weighted by molar-refractivity contribution is 6.30. The van der Waals surface area contributed by atoms with Crippen molar-refractivity contribution < 1.29 is 33.2 Å². The van der Waals surface area contributed by atoms with Gasteiger partial charge in [-0.25, -0.2) is 15.0 Å². The highest BCUT2D eigenvalue weighted by atomic mass is 16.3. The zero-order valence-corrected chi connectivity index (χ0v) is 19.2. The minimum Gasteiger partial charge on any atom is -0.455 e. The highest BCUT2D eigenvalue weighted by Crippen LogP contribution is 2.41. The van der Waals surface area contributed by atoms with E-state index in [2.05, 4.69) is 15.0 Å². The third-order valence-electron chi connectivity index (χ3n) is 5.87. The molecule has 2 aromatic heterocycles. The molecule has 0 N–H and O–H groups in total. The van der Waals surface area contributed by atoms with Crippen molar-refractivity contribution in [3.8, 4) is 34.2 Å². The van der Waals surface area contributed by atoms with Gasteiger partial charge in [-0.1, -0.05) is 115 Å². The first-order valence-corrected chi connectivity index (χ1v) is 11.2. The van der Waals surface area contributed by atoms with Gasteiger partial charge in [0.15, 0.2) is 17.5 Å². The second-order valence-electron chi connectivity index (χ2n) is 8.07. The second-order valence-corrected chi connectivity index (χ2v) is 8.07. The zero-order valence-electron chi connectivity index (χ0n) is 40.2. The van der Waals surface area contributed by atoms with E-state index >= 15 is 0 Å². The van der Waals surface area contributed by atoms with Gasteiger partial charge in [0.2, 0.25) is 0 Å². The number of aromatic nitrogens is 3. The molecular weight excluding hydrogens is 478 g/mol. The summed E-state index contributed by atoms with van der Waals surface area (Å²) in [4.78, 5) is 12.8. The van der Waals surface area contributed by atoms with Gasteiger partial charge in [0.25, 0.3) is 0 Å². The van der Waals surface area contributed by atoms with E-state index in [0.717, 1.165) is 0 Å². The van der Waals surface area contributed by atoms with Crippen LogP contribution in [-0.4, -0.2) is 15.0 Å². The largest absolute Gasteiger partial charge is 0.455 e. The standard InChI is InChI=1S/C35H21N3O/c1-3-11-22(12-4-1)33-36-34(23-13-5-2-6-14-23)38-35(37-33)24-19-20-26-25-15-7-8-16-27(25)32-31(29(26)21-24)28-17-9-10-18-30(28)39-32/h1-21H/i1D,2D,3D,4D,5D,6D,7D,8D,9D,10D,11D,12D,13D,14D,15D,16D,17D,18D,19D,20D,21D. The van der Waals surface area contributed by atoms with Crippen molar-refractivity contribution in [3.63, 3.8) is 0 Å². The number of para-hydroxylation sites is 1. The predicted molar refractivity (Wildman–Crippen MR) is 158 cm³/mol. The van der Waals surface area contributed by atoms with Crippen LogP contribution in [0.25, 0.3) is 77.6 Å². The van der Waals surface area contributed by atoms with Crippen LogP contribution >= 0.6 is 0 Å². The van der Waals surface area contributed by atoms with Crippen LogP contribution in [0, 0.1) is 0 Å². The summed E-state index contributed by atoms with van der Waals surface area (Å²) in [5, 5.41) is -2.26. The molecule has 0 aliphatic carbocycles. The van der Waals surface area contributed by atoms with Crippen molar-refractivity contribution >= 4 is 43.5 Å². The molecule has 0 saturated heterocycles. The first-order chi connectivity index (χ1) is 28.1. The zero-order chi connectivity index (χ0) is 44.0. The minimum absolute atomic E-state index is 0.310. The summed E-state index contributed by atoms with van der Waals surface area (Å²) in [5.41, 5.74) is -2.85. The summed E-state index contributed by atoms with van der Waals surface area (Å²) in [5.74, 6) is -2.22. The van der Waals surface area contributed by atoms with Gasteiger partial charge < -0.3 is 4.42 Å². The molecule has 39 heavy (non-hydrogen) atoms. The summed E-state index contributed by atoms with van der Waals surface area (Å²) in [6.07, 6.45) is 0. The van der Waals surface area contributed by atoms with E-state index in [1.165, 1.54) is 0 Å². The molecular formula is C35H21N3O. The van der Waals surface area contributed by atoms with Crippen molar-refractivity contribution in [3.05, 3.63) is 127 Å². The van der Waals surface area contributed by atoms with Crippen LogP contribution in [0.5, 0.6) is 0 Å². The molecule has 0 saturated carbocycles. The molecule has 0 unspecified atom stereocenters. The molecule has 0 amide bonds. The molecule has 4 nitrogen and oxygen atoms in total. The Morgan fingerprint density at radius 3 is 1.62 bits per heavy atom. The smallest absolute Gasteiger partial charge is 0.164 e. The van der Waals surface area contributed by atoms with Gasteiger partial charge in [-0.3, -0.25) is 0 Å². The Labute approximate surface area is 253 Å². The van der Waals surface area contributed by atoms with E-state index in [9.17, 15) is 4.11 Å². The molecule has 0 fully saturated rings. The number of furan rings is 1. The maximum atomic E-state index is 9.69. The Morgan fingerprint density at radius 1 is 0.436 bits per heavy atom. The lowest BCUT2D eigenvalue weighted by Crippen LogP contribution is -2.00. The molecule has 0 bridgehead atoms. The molecule has 0 atom stereocenters. The Morgan fingerprint density at radius 2 is 0.949 bits per heavy atom. The van der Waals surface area contributed by atoms with Crippen LogP contribution in [0.2, 0.25) is 0 Å². The van der Waals surface area contributed by atoms with Crippen LogP contribution in [0.3, 0.4) is 0 Å². The summed E-state index contributed by atoms with van der Waals surface area (Å²) in [6.45, 7) is 0. The summed E-state index contributed by atoms with van der Waals surface area (Å²) in [7, 11) is 0. The monoisotopic (exact) mass is 520 g/mol. The average molecular weight is 521 g/mol. The topological polar surface area (TPSA) is 51.8 Å². The summed E-state index contributed by atoms with van der Waals surface area (Å²) >= 11 is 0. The van der Waals surface area contributed by atoms with Crippen LogP contribution in [-0.2, 0) is 0 Å². The van der Waals surface area contributed by atoms with E-state index in [0.29, 0.717) is 0 Å². The number of rotatable bonds is 3. The van der Waals surface area contributed by atoms with Gasteiger partial charge >= 0.3 is 0 Å². The SMILES string of the molecule is [2H]c1c([2H])c([2H])c(-c2nc(-c3c([2H])c([2H])c([2H])c([2H])c3[2H])nc(-c3c([2H])c([2H])c4c5c([2H])c([2H])c([2H])c([2H])c5c5oc6c([2H])c([2H])c([2H])c([2H])c6c5c4c3[2H])n2)c([2H])c1[2H]. The lowest BCUT2D eigenvalue weighted by Gasteiger charge is -2.11.